The quantitative estimate of drug-likeness (QED) is 0.455. The van der Waals surface area contributed by atoms with Crippen molar-refractivity contribution in [3.63, 3.8) is 0 Å². The van der Waals surface area contributed by atoms with Crippen LogP contribution in [0.15, 0.2) is 23.8 Å². The van der Waals surface area contributed by atoms with E-state index in [1.165, 1.54) is 0 Å². The van der Waals surface area contributed by atoms with E-state index in [1.54, 1.807) is 0 Å². The van der Waals surface area contributed by atoms with Gasteiger partial charge in [-0.15, -0.1) is 6.42 Å². The van der Waals surface area contributed by atoms with Crippen molar-refractivity contribution in [1.82, 2.24) is 5.32 Å². The molecule has 0 atom stereocenters. The van der Waals surface area contributed by atoms with Gasteiger partial charge in [-0.2, -0.15) is 0 Å². The number of hydrogen-bond donors (Lipinski definition) is 1. The normalized spacial score (nSPS) is 11.9. The second kappa shape index (κ2) is 6.12. The van der Waals surface area contributed by atoms with Crippen LogP contribution in [-0.2, 0) is 0 Å². The zero-order chi connectivity index (χ0) is 7.82. The molecular weight excluding hydrogens is 122 g/mol. The molecule has 0 spiro atoms. The molecule has 1 N–H and O–H groups in total. The van der Waals surface area contributed by atoms with Crippen LogP contribution in [0.1, 0.15) is 6.92 Å². The summed E-state index contributed by atoms with van der Waals surface area (Å²) in [5, 5.41) is 2.99. The molecule has 0 aromatic carbocycles. The summed E-state index contributed by atoms with van der Waals surface area (Å²) in [4.78, 5) is 0. The summed E-state index contributed by atoms with van der Waals surface area (Å²) in [7, 11) is 1.89. The summed E-state index contributed by atoms with van der Waals surface area (Å²) in [5.41, 5.74) is 0.928. The van der Waals surface area contributed by atoms with E-state index >= 15 is 0 Å². The van der Waals surface area contributed by atoms with Crippen LogP contribution >= 0.6 is 0 Å². The van der Waals surface area contributed by atoms with Crippen LogP contribution in [0.4, 0.5) is 0 Å². The lowest BCUT2D eigenvalue weighted by Gasteiger charge is -1.90. The first kappa shape index (κ1) is 9.00. The lowest BCUT2D eigenvalue weighted by atomic mass is 10.2. The van der Waals surface area contributed by atoms with Crippen molar-refractivity contribution in [3.05, 3.63) is 23.8 Å². The molecule has 0 bridgehead atoms. The van der Waals surface area contributed by atoms with E-state index in [0.717, 1.165) is 12.1 Å². The number of terminal acetylenes is 1. The Balaban J connectivity index is 3.95. The van der Waals surface area contributed by atoms with Crippen LogP contribution in [0.2, 0.25) is 0 Å². The van der Waals surface area contributed by atoms with E-state index in [0.29, 0.717) is 0 Å². The summed E-state index contributed by atoms with van der Waals surface area (Å²) >= 11 is 0. The lowest BCUT2D eigenvalue weighted by Crippen LogP contribution is -2.04. The zero-order valence-electron chi connectivity index (χ0n) is 6.52. The van der Waals surface area contributed by atoms with Gasteiger partial charge < -0.3 is 5.32 Å². The minimum Gasteiger partial charge on any atom is -0.316 e. The van der Waals surface area contributed by atoms with Gasteiger partial charge in [0.05, 0.1) is 0 Å². The fraction of sp³-hybridized carbons (Fsp3) is 0.333. The Hall–Kier alpha value is -1.00. The number of rotatable bonds is 3. The molecule has 1 heteroatoms. The van der Waals surface area contributed by atoms with Gasteiger partial charge in [-0.05, 0) is 14.0 Å². The first-order valence-corrected chi connectivity index (χ1v) is 3.29. The average Bonchev–Trinajstić information content (AvgIpc) is 1.98. The molecule has 0 rings (SSSR count). The molecule has 0 aromatic rings. The number of allylic oxidation sites excluding steroid dienone is 3. The molecule has 0 saturated heterocycles. The second-order valence-electron chi connectivity index (χ2n) is 1.86. The summed E-state index contributed by atoms with van der Waals surface area (Å²) in [6.07, 6.45) is 11.0. The summed E-state index contributed by atoms with van der Waals surface area (Å²) < 4.78 is 0. The first-order valence-electron chi connectivity index (χ1n) is 3.29. The minimum atomic E-state index is 0.823. The molecule has 0 aliphatic carbocycles. The maximum absolute atomic E-state index is 5.20. The average molecular weight is 135 g/mol. The van der Waals surface area contributed by atoms with Gasteiger partial charge in [0.1, 0.15) is 0 Å². The molecule has 0 unspecified atom stereocenters. The van der Waals surface area contributed by atoms with Gasteiger partial charge in [0.15, 0.2) is 0 Å². The Bertz CT molecular complexity index is 170. The third-order valence-corrected chi connectivity index (χ3v) is 1.04. The molecule has 0 aliphatic heterocycles. The molecule has 10 heavy (non-hydrogen) atoms. The molecule has 1 nitrogen and oxygen atoms in total. The summed E-state index contributed by atoms with van der Waals surface area (Å²) in [6.45, 7) is 2.77. The third-order valence-electron chi connectivity index (χ3n) is 1.04. The number of nitrogens with one attached hydrogen (secondary N) is 1. The van der Waals surface area contributed by atoms with E-state index in [4.69, 9.17) is 6.42 Å². The fourth-order valence-corrected chi connectivity index (χ4v) is 0.567. The molecule has 0 aliphatic rings. The molecular formula is C9H13N. The summed E-state index contributed by atoms with van der Waals surface area (Å²) in [6, 6.07) is 0. The van der Waals surface area contributed by atoms with Crippen LogP contribution in [0.3, 0.4) is 0 Å². The van der Waals surface area contributed by atoms with E-state index < -0.39 is 0 Å². The van der Waals surface area contributed by atoms with Gasteiger partial charge in [0, 0.05) is 12.1 Å². The highest BCUT2D eigenvalue weighted by Gasteiger charge is 1.80. The molecule has 0 heterocycles. The zero-order valence-corrected chi connectivity index (χ0v) is 6.52. The lowest BCUT2D eigenvalue weighted by molar-refractivity contribution is 0.917. The van der Waals surface area contributed by atoms with Gasteiger partial charge in [-0.3, -0.25) is 0 Å². The maximum atomic E-state index is 5.20. The van der Waals surface area contributed by atoms with Crippen LogP contribution in [-0.4, -0.2) is 13.6 Å². The van der Waals surface area contributed by atoms with Gasteiger partial charge in [0.2, 0.25) is 0 Å². The van der Waals surface area contributed by atoms with E-state index in [9.17, 15) is 0 Å². The molecule has 0 aromatic heterocycles. The smallest absolute Gasteiger partial charge is 0.0212 e. The van der Waals surface area contributed by atoms with Gasteiger partial charge in [0.25, 0.3) is 0 Å². The fourth-order valence-electron chi connectivity index (χ4n) is 0.567. The Morgan fingerprint density at radius 3 is 2.80 bits per heavy atom. The van der Waals surface area contributed by atoms with Crippen LogP contribution in [0.25, 0.3) is 0 Å². The highest BCUT2D eigenvalue weighted by Crippen LogP contribution is 1.92. The van der Waals surface area contributed by atoms with Gasteiger partial charge >= 0.3 is 0 Å². The van der Waals surface area contributed by atoms with Crippen molar-refractivity contribution in [2.24, 2.45) is 0 Å². The summed E-state index contributed by atoms with van der Waals surface area (Å²) in [5.74, 6) is 2.57. The molecule has 0 amide bonds. The van der Waals surface area contributed by atoms with Crippen LogP contribution in [0.5, 0.6) is 0 Å². The highest BCUT2D eigenvalue weighted by molar-refractivity contribution is 5.35. The monoisotopic (exact) mass is 135 g/mol. The minimum absolute atomic E-state index is 0.823. The Morgan fingerprint density at radius 2 is 2.40 bits per heavy atom. The first-order chi connectivity index (χ1) is 4.85. The topological polar surface area (TPSA) is 12.0 Å². The van der Waals surface area contributed by atoms with E-state index in [1.807, 2.05) is 32.2 Å². The number of likely N-dealkylation sites (N-methyl/N-ethyl adjacent to an activating group) is 1. The van der Waals surface area contributed by atoms with Crippen molar-refractivity contribution >= 4 is 0 Å². The second-order valence-corrected chi connectivity index (χ2v) is 1.86. The van der Waals surface area contributed by atoms with Crippen molar-refractivity contribution < 1.29 is 0 Å². The van der Waals surface area contributed by atoms with Crippen LogP contribution in [0, 0.1) is 12.3 Å². The SMILES string of the molecule is C#CC(C=CC)=CCNC. The molecule has 0 fully saturated rings. The molecule has 0 radical (unpaired) electrons. The van der Waals surface area contributed by atoms with Crippen molar-refractivity contribution in [2.45, 2.75) is 6.92 Å². The third kappa shape index (κ3) is 3.94. The van der Waals surface area contributed by atoms with Gasteiger partial charge in [-0.1, -0.05) is 24.1 Å². The van der Waals surface area contributed by atoms with Crippen molar-refractivity contribution in [3.8, 4) is 12.3 Å². The Kier molecular flexibility index (Phi) is 5.51. The Labute approximate surface area is 62.8 Å². The predicted molar refractivity (Wildman–Crippen MR) is 45.7 cm³/mol. The molecule has 0 saturated carbocycles. The highest BCUT2D eigenvalue weighted by atomic mass is 14.8. The Morgan fingerprint density at radius 1 is 1.70 bits per heavy atom. The van der Waals surface area contributed by atoms with Crippen LogP contribution < -0.4 is 5.32 Å². The van der Waals surface area contributed by atoms with Crippen molar-refractivity contribution in [1.29, 1.82) is 0 Å². The standard InChI is InChI=1S/C9H13N/c1-4-6-9(5-2)7-8-10-3/h2,4,6-7,10H,8H2,1,3H3. The van der Waals surface area contributed by atoms with E-state index in [2.05, 4.69) is 11.2 Å². The largest absolute Gasteiger partial charge is 0.316 e. The maximum Gasteiger partial charge on any atom is 0.0212 e. The van der Waals surface area contributed by atoms with E-state index in [-0.39, 0.29) is 0 Å². The van der Waals surface area contributed by atoms with Gasteiger partial charge in [-0.25, -0.2) is 0 Å². The molecule has 54 valence electrons. The number of hydrogen-bond acceptors (Lipinski definition) is 1. The predicted octanol–water partition coefficient (Wildman–Crippen LogP) is 1.34. The van der Waals surface area contributed by atoms with Crippen molar-refractivity contribution in [2.75, 3.05) is 13.6 Å².